The van der Waals surface area contributed by atoms with Crippen molar-refractivity contribution >= 4 is 32.7 Å². The lowest BCUT2D eigenvalue weighted by molar-refractivity contribution is -0.384. The first-order chi connectivity index (χ1) is 12.4. The van der Waals surface area contributed by atoms with Gasteiger partial charge in [0, 0.05) is 24.0 Å². The van der Waals surface area contributed by atoms with Crippen LogP contribution in [0.5, 0.6) is 0 Å². The van der Waals surface area contributed by atoms with Crippen LogP contribution in [0.3, 0.4) is 0 Å². The van der Waals surface area contributed by atoms with Gasteiger partial charge in [0.25, 0.3) is 5.69 Å². The highest BCUT2D eigenvalue weighted by Gasteiger charge is 2.29. The lowest BCUT2D eigenvalue weighted by Gasteiger charge is -2.26. The number of sulfonamides is 1. The van der Waals surface area contributed by atoms with E-state index >= 15 is 0 Å². The molecule has 1 saturated heterocycles. The summed E-state index contributed by atoms with van der Waals surface area (Å²) >= 11 is 1.54. The van der Waals surface area contributed by atoms with Crippen molar-refractivity contribution in [2.24, 2.45) is 0 Å². The lowest BCUT2D eigenvalue weighted by Crippen LogP contribution is -2.40. The zero-order valence-electron chi connectivity index (χ0n) is 14.1. The molecular formula is C16H19N3O5S2. The number of rotatable bonds is 6. The van der Waals surface area contributed by atoms with Crippen molar-refractivity contribution in [2.75, 3.05) is 31.6 Å². The minimum atomic E-state index is -3.78. The number of anilines is 1. The zero-order valence-corrected chi connectivity index (χ0v) is 15.8. The minimum Gasteiger partial charge on any atom is -0.379 e. The van der Waals surface area contributed by atoms with Crippen LogP contribution in [0.4, 0.5) is 11.4 Å². The van der Waals surface area contributed by atoms with Crippen LogP contribution >= 0.6 is 11.3 Å². The van der Waals surface area contributed by atoms with Gasteiger partial charge in [0.2, 0.25) is 10.0 Å². The Labute approximate surface area is 155 Å². The Kier molecular flexibility index (Phi) is 5.56. The molecule has 26 heavy (non-hydrogen) atoms. The molecule has 0 spiro atoms. The molecular weight excluding hydrogens is 378 g/mol. The molecule has 140 valence electrons. The summed E-state index contributed by atoms with van der Waals surface area (Å²) in [6, 6.07) is 7.69. The van der Waals surface area contributed by atoms with E-state index in [1.54, 1.807) is 11.3 Å². The van der Waals surface area contributed by atoms with Crippen LogP contribution in [0.1, 0.15) is 17.8 Å². The SMILES string of the molecule is C[C@@H](Nc1ccc(S(=O)(=O)N2CCOCC2)cc1[N+](=O)[O-])c1cccs1. The molecule has 8 nitrogen and oxygen atoms in total. The molecule has 2 aromatic rings. The Morgan fingerprint density at radius 3 is 2.65 bits per heavy atom. The van der Waals surface area contributed by atoms with Gasteiger partial charge in [-0.1, -0.05) is 6.07 Å². The maximum absolute atomic E-state index is 12.7. The fraction of sp³-hybridized carbons (Fsp3) is 0.375. The number of morpholine rings is 1. The van der Waals surface area contributed by atoms with Crippen molar-refractivity contribution in [3.8, 4) is 0 Å². The Balaban J connectivity index is 1.90. The topological polar surface area (TPSA) is 102 Å². The van der Waals surface area contributed by atoms with E-state index in [1.165, 1.54) is 16.4 Å². The van der Waals surface area contributed by atoms with Crippen LogP contribution in [0, 0.1) is 10.1 Å². The number of nitro benzene ring substituents is 1. The van der Waals surface area contributed by atoms with Crippen molar-refractivity contribution < 1.29 is 18.1 Å². The van der Waals surface area contributed by atoms with Gasteiger partial charge in [-0.15, -0.1) is 11.3 Å². The van der Waals surface area contributed by atoms with Gasteiger partial charge in [-0.05, 0) is 30.5 Å². The summed E-state index contributed by atoms with van der Waals surface area (Å²) < 4.78 is 31.9. The number of hydrogen-bond donors (Lipinski definition) is 1. The molecule has 1 aromatic heterocycles. The number of benzene rings is 1. The molecule has 0 bridgehead atoms. The molecule has 0 unspecified atom stereocenters. The molecule has 1 aliphatic heterocycles. The molecule has 1 fully saturated rings. The van der Waals surface area contributed by atoms with Crippen LogP contribution in [0.2, 0.25) is 0 Å². The Hall–Kier alpha value is -2.01. The number of thiophene rings is 1. The fourth-order valence-corrected chi connectivity index (χ4v) is 4.89. The van der Waals surface area contributed by atoms with Gasteiger partial charge in [0.15, 0.2) is 0 Å². The van der Waals surface area contributed by atoms with Gasteiger partial charge in [0.05, 0.1) is 29.1 Å². The normalized spacial score (nSPS) is 17.0. The standard InChI is InChI=1S/C16H19N3O5S2/c1-12(16-3-2-10-25-16)17-14-5-4-13(11-15(14)19(20)21)26(22,23)18-6-8-24-9-7-18/h2-5,10-12,17H,6-9H2,1H3/t12-/m1/s1. The van der Waals surface area contributed by atoms with E-state index in [0.29, 0.717) is 13.2 Å². The van der Waals surface area contributed by atoms with E-state index < -0.39 is 14.9 Å². The van der Waals surface area contributed by atoms with Gasteiger partial charge in [0.1, 0.15) is 5.69 Å². The average molecular weight is 397 g/mol. The third-order valence-electron chi connectivity index (χ3n) is 4.12. The fourth-order valence-electron chi connectivity index (χ4n) is 2.72. The summed E-state index contributed by atoms with van der Waals surface area (Å²) in [5.74, 6) is 0. The van der Waals surface area contributed by atoms with Gasteiger partial charge >= 0.3 is 0 Å². The van der Waals surface area contributed by atoms with Crippen LogP contribution < -0.4 is 5.32 Å². The highest BCUT2D eigenvalue weighted by Crippen LogP contribution is 2.32. The number of nitrogens with zero attached hydrogens (tertiary/aromatic N) is 2. The van der Waals surface area contributed by atoms with E-state index in [0.717, 1.165) is 10.9 Å². The van der Waals surface area contributed by atoms with Crippen molar-refractivity contribution in [2.45, 2.75) is 17.9 Å². The first-order valence-electron chi connectivity index (χ1n) is 8.06. The van der Waals surface area contributed by atoms with E-state index in [1.807, 2.05) is 24.4 Å². The molecule has 0 saturated carbocycles. The van der Waals surface area contributed by atoms with Crippen molar-refractivity contribution in [3.63, 3.8) is 0 Å². The largest absolute Gasteiger partial charge is 0.379 e. The molecule has 1 N–H and O–H groups in total. The molecule has 10 heteroatoms. The van der Waals surface area contributed by atoms with Gasteiger partial charge in [-0.25, -0.2) is 8.42 Å². The molecule has 0 radical (unpaired) electrons. The van der Waals surface area contributed by atoms with Crippen molar-refractivity contribution in [1.29, 1.82) is 0 Å². The van der Waals surface area contributed by atoms with E-state index in [9.17, 15) is 18.5 Å². The van der Waals surface area contributed by atoms with Gasteiger partial charge in [-0.3, -0.25) is 10.1 Å². The second-order valence-corrected chi connectivity index (χ2v) is 8.75. The lowest BCUT2D eigenvalue weighted by atomic mass is 10.2. The number of nitrogens with one attached hydrogen (secondary N) is 1. The smallest absolute Gasteiger partial charge is 0.293 e. The van der Waals surface area contributed by atoms with Crippen LogP contribution in [0.25, 0.3) is 0 Å². The van der Waals surface area contributed by atoms with Gasteiger partial charge in [-0.2, -0.15) is 4.31 Å². The number of ether oxygens (including phenoxy) is 1. The predicted octanol–water partition coefficient (Wildman–Crippen LogP) is 2.85. The zero-order chi connectivity index (χ0) is 18.7. The van der Waals surface area contributed by atoms with Crippen LogP contribution in [-0.2, 0) is 14.8 Å². The number of nitro groups is 1. The highest BCUT2D eigenvalue weighted by atomic mass is 32.2. The van der Waals surface area contributed by atoms with Gasteiger partial charge < -0.3 is 10.1 Å². The molecule has 1 atom stereocenters. The monoisotopic (exact) mass is 397 g/mol. The maximum atomic E-state index is 12.7. The predicted molar refractivity (Wildman–Crippen MR) is 99.0 cm³/mol. The molecule has 0 amide bonds. The third-order valence-corrected chi connectivity index (χ3v) is 7.07. The molecule has 2 heterocycles. The highest BCUT2D eigenvalue weighted by molar-refractivity contribution is 7.89. The Bertz CT molecular complexity index is 877. The molecule has 0 aliphatic carbocycles. The quantitative estimate of drug-likeness (QED) is 0.594. The van der Waals surface area contributed by atoms with Crippen LogP contribution in [-0.4, -0.2) is 43.9 Å². The maximum Gasteiger partial charge on any atom is 0.293 e. The first kappa shape index (κ1) is 18.8. The summed E-state index contributed by atoms with van der Waals surface area (Å²) in [7, 11) is -3.78. The second-order valence-electron chi connectivity index (χ2n) is 5.83. The Morgan fingerprint density at radius 1 is 1.31 bits per heavy atom. The molecule has 1 aromatic carbocycles. The summed E-state index contributed by atoms with van der Waals surface area (Å²) in [6.45, 7) is 3.02. The van der Waals surface area contributed by atoms with E-state index in [2.05, 4.69) is 5.32 Å². The molecule has 1 aliphatic rings. The summed E-state index contributed by atoms with van der Waals surface area (Å²) in [5.41, 5.74) is 0.0274. The Morgan fingerprint density at radius 2 is 2.04 bits per heavy atom. The third kappa shape index (κ3) is 3.88. The van der Waals surface area contributed by atoms with E-state index in [4.69, 9.17) is 4.74 Å². The molecule has 3 rings (SSSR count). The van der Waals surface area contributed by atoms with Crippen LogP contribution in [0.15, 0.2) is 40.6 Å². The summed E-state index contributed by atoms with van der Waals surface area (Å²) in [5, 5.41) is 16.5. The number of hydrogen-bond acceptors (Lipinski definition) is 7. The average Bonchev–Trinajstić information content (AvgIpc) is 3.17. The minimum absolute atomic E-state index is 0.0829. The second kappa shape index (κ2) is 7.70. The van der Waals surface area contributed by atoms with Crippen molar-refractivity contribution in [3.05, 3.63) is 50.7 Å². The summed E-state index contributed by atoms with van der Waals surface area (Å²) in [6.07, 6.45) is 0. The first-order valence-corrected chi connectivity index (χ1v) is 10.4. The van der Waals surface area contributed by atoms with E-state index in [-0.39, 0.29) is 35.4 Å². The van der Waals surface area contributed by atoms with Crippen molar-refractivity contribution in [1.82, 2.24) is 4.31 Å². The summed E-state index contributed by atoms with van der Waals surface area (Å²) in [4.78, 5) is 11.9.